The summed E-state index contributed by atoms with van der Waals surface area (Å²) in [6.07, 6.45) is 0. The van der Waals surface area contributed by atoms with Crippen LogP contribution in [-0.2, 0) is 4.79 Å². The molecule has 0 spiro atoms. The predicted molar refractivity (Wildman–Crippen MR) is 45.9 cm³/mol. The molecule has 0 aliphatic rings. The molecule has 0 aromatic carbocycles. The summed E-state index contributed by atoms with van der Waals surface area (Å²) in [5.74, 6) is -0.398. The highest BCUT2D eigenvalue weighted by Gasteiger charge is 2.36. The fourth-order valence-corrected chi connectivity index (χ4v) is 1.29. The third-order valence-corrected chi connectivity index (χ3v) is 2.12. The van der Waals surface area contributed by atoms with Crippen LogP contribution in [0.25, 0.3) is 0 Å². The zero-order valence-electron chi connectivity index (χ0n) is 5.73. The molecule has 0 atom stereocenters. The van der Waals surface area contributed by atoms with E-state index in [1.54, 1.807) is 0 Å². The van der Waals surface area contributed by atoms with Crippen LogP contribution in [0.3, 0.4) is 0 Å². The molecule has 0 aromatic rings. The summed E-state index contributed by atoms with van der Waals surface area (Å²) in [5, 5.41) is 12.6. The van der Waals surface area contributed by atoms with Crippen LogP contribution in [0.1, 0.15) is 0 Å². The second kappa shape index (κ2) is 4.01. The van der Waals surface area contributed by atoms with Gasteiger partial charge in [0.2, 0.25) is 9.78 Å². The minimum Gasteiger partial charge on any atom is -0.600 e. The number of amides is 1. The first-order valence-corrected chi connectivity index (χ1v) is 4.24. The number of halogens is 2. The maximum Gasteiger partial charge on any atom is 0.254 e. The van der Waals surface area contributed by atoms with E-state index in [9.17, 15) is 10.0 Å². The number of hydrogen-bond acceptors (Lipinski definition) is 3. The first-order chi connectivity index (χ1) is 4.90. The molecular weight excluding hydrogens is 282 g/mol. The average molecular weight is 289 g/mol. The lowest BCUT2D eigenvalue weighted by Crippen LogP contribution is -2.40. The molecule has 0 aliphatic heterocycles. The number of rotatable bonds is 3. The molecule has 0 radical (unpaired) electrons. The van der Waals surface area contributed by atoms with E-state index in [1.165, 1.54) is 7.05 Å². The van der Waals surface area contributed by atoms with E-state index in [0.29, 0.717) is 0 Å². The van der Waals surface area contributed by atoms with Gasteiger partial charge in [-0.1, -0.05) is 36.7 Å². The molecule has 2 N–H and O–H groups in total. The van der Waals surface area contributed by atoms with Crippen molar-refractivity contribution >= 4 is 37.8 Å². The quantitative estimate of drug-likeness (QED) is 0.348. The third kappa shape index (κ3) is 3.66. The van der Waals surface area contributed by atoms with Gasteiger partial charge in [-0.3, -0.25) is 4.79 Å². The Morgan fingerprint density at radius 1 is 1.82 bits per heavy atom. The zero-order valence-corrected chi connectivity index (χ0v) is 8.90. The van der Waals surface area contributed by atoms with Crippen LogP contribution in [0, 0.1) is 10.7 Å². The first-order valence-electron chi connectivity index (χ1n) is 2.66. The van der Waals surface area contributed by atoms with Crippen LogP contribution in [0.2, 0.25) is 0 Å². The van der Waals surface area contributed by atoms with Crippen molar-refractivity contribution in [3.05, 3.63) is 5.21 Å². The van der Waals surface area contributed by atoms with Crippen LogP contribution in [0.4, 0.5) is 0 Å². The standard InChI is InChI=1S/C4H7Br2N3O2/c1-8-3(10)4(5,6)2-9(7)11/h7H,2H2,1H3,(H,8,10). The Morgan fingerprint density at radius 3 is 2.55 bits per heavy atom. The van der Waals surface area contributed by atoms with Crippen molar-refractivity contribution < 1.29 is 9.66 Å². The number of hydrogen-bond donors (Lipinski definition) is 2. The Morgan fingerprint density at radius 2 is 2.27 bits per heavy atom. The minimum absolute atomic E-state index is 0.0846. The largest absolute Gasteiger partial charge is 0.600 e. The van der Waals surface area contributed by atoms with Gasteiger partial charge >= 0.3 is 0 Å². The van der Waals surface area contributed by atoms with Gasteiger partial charge in [0.25, 0.3) is 5.91 Å². The van der Waals surface area contributed by atoms with Crippen LogP contribution in [-0.4, -0.2) is 27.6 Å². The number of nitrogens with zero attached hydrogens (tertiary/aromatic N) is 1. The summed E-state index contributed by atoms with van der Waals surface area (Å²) in [4.78, 5) is 10.8. The van der Waals surface area contributed by atoms with Gasteiger partial charge in [-0.2, -0.15) is 0 Å². The van der Waals surface area contributed by atoms with Gasteiger partial charge in [-0.05, 0) is 5.53 Å². The van der Waals surface area contributed by atoms with Crippen LogP contribution >= 0.6 is 31.9 Å². The molecule has 5 nitrogen and oxygen atoms in total. The van der Waals surface area contributed by atoms with Gasteiger partial charge in [0.1, 0.15) is 0 Å². The zero-order chi connectivity index (χ0) is 9.07. The van der Waals surface area contributed by atoms with Gasteiger partial charge in [0.05, 0.1) is 0 Å². The van der Waals surface area contributed by atoms with Gasteiger partial charge in [-0.15, -0.1) is 0 Å². The van der Waals surface area contributed by atoms with Gasteiger partial charge in [0.15, 0.2) is 0 Å². The van der Waals surface area contributed by atoms with Crippen molar-refractivity contribution in [2.45, 2.75) is 3.23 Å². The molecular formula is C4H7Br2N3O2. The number of alkyl halides is 2. The highest BCUT2D eigenvalue weighted by Crippen LogP contribution is 2.26. The lowest BCUT2D eigenvalue weighted by molar-refractivity contribution is -0.550. The van der Waals surface area contributed by atoms with Gasteiger partial charge < -0.3 is 10.5 Å². The molecule has 0 bridgehead atoms. The molecule has 0 aliphatic carbocycles. The Balaban J connectivity index is 4.21. The van der Waals surface area contributed by atoms with Crippen molar-refractivity contribution in [1.29, 1.82) is 5.53 Å². The van der Waals surface area contributed by atoms with E-state index >= 15 is 0 Å². The molecule has 0 aromatic heterocycles. The third-order valence-electron chi connectivity index (χ3n) is 0.901. The molecule has 0 unspecified atom stereocenters. The number of nitrogens with one attached hydrogen (secondary N) is 2. The van der Waals surface area contributed by atoms with E-state index in [2.05, 4.69) is 37.2 Å². The molecule has 64 valence electrons. The second-order valence-corrected chi connectivity index (χ2v) is 5.59. The molecule has 0 fully saturated rings. The van der Waals surface area contributed by atoms with Crippen LogP contribution in [0.15, 0.2) is 0 Å². The summed E-state index contributed by atoms with van der Waals surface area (Å²) in [5.41, 5.74) is 6.54. The molecule has 11 heavy (non-hydrogen) atoms. The van der Waals surface area contributed by atoms with E-state index in [4.69, 9.17) is 5.53 Å². The van der Waals surface area contributed by atoms with E-state index in [0.717, 1.165) is 0 Å². The number of carbonyl (C=O) groups excluding carboxylic acids is 1. The highest BCUT2D eigenvalue weighted by molar-refractivity contribution is 9.26. The monoisotopic (exact) mass is 287 g/mol. The molecule has 1 amide bonds. The predicted octanol–water partition coefficient (Wildman–Crippen LogP) is 0.760. The second-order valence-electron chi connectivity index (χ2n) is 1.82. The lowest BCUT2D eigenvalue weighted by Gasteiger charge is -2.14. The SMILES string of the molecule is CNC(=O)C(Br)(Br)C[N+](=N)[O-]. The van der Waals surface area contributed by atoms with Gasteiger partial charge in [0, 0.05) is 7.05 Å². The van der Waals surface area contributed by atoms with Crippen molar-refractivity contribution in [2.75, 3.05) is 13.6 Å². The number of carbonyl (C=O) groups is 1. The van der Waals surface area contributed by atoms with E-state index in [-0.39, 0.29) is 11.4 Å². The normalized spacial score (nSPS) is 10.8. The Labute approximate surface area is 80.5 Å². The van der Waals surface area contributed by atoms with Gasteiger partial charge in [-0.25, -0.2) is 0 Å². The maximum atomic E-state index is 10.9. The molecule has 0 saturated heterocycles. The fourth-order valence-electron chi connectivity index (χ4n) is 0.435. The fraction of sp³-hybridized carbons (Fsp3) is 0.750. The Hall–Kier alpha value is -0.170. The molecule has 0 saturated carbocycles. The van der Waals surface area contributed by atoms with Crippen molar-refractivity contribution in [2.24, 2.45) is 0 Å². The summed E-state index contributed by atoms with van der Waals surface area (Å²) < 4.78 is -1.17. The maximum absolute atomic E-state index is 10.9. The number of hydroxylamine groups is 1. The first kappa shape index (κ1) is 10.8. The summed E-state index contributed by atoms with van der Waals surface area (Å²) in [6, 6.07) is 0. The molecule has 7 heteroatoms. The summed E-state index contributed by atoms with van der Waals surface area (Å²) in [6.45, 7) is -0.285. The summed E-state index contributed by atoms with van der Waals surface area (Å²) in [7, 11) is 1.44. The Bertz CT molecular complexity index is 182. The summed E-state index contributed by atoms with van der Waals surface area (Å²) >= 11 is 5.90. The minimum atomic E-state index is -1.17. The molecule has 0 heterocycles. The Kier molecular flexibility index (Phi) is 3.95. The smallest absolute Gasteiger partial charge is 0.254 e. The lowest BCUT2D eigenvalue weighted by atomic mass is 10.4. The molecule has 0 rings (SSSR count). The van der Waals surface area contributed by atoms with E-state index < -0.39 is 9.14 Å². The van der Waals surface area contributed by atoms with E-state index in [1.807, 2.05) is 0 Å². The van der Waals surface area contributed by atoms with Crippen LogP contribution < -0.4 is 5.32 Å². The average Bonchev–Trinajstić information content (AvgIpc) is 1.83. The topological polar surface area (TPSA) is 79.0 Å². The van der Waals surface area contributed by atoms with Crippen LogP contribution in [0.5, 0.6) is 0 Å². The van der Waals surface area contributed by atoms with Crippen molar-refractivity contribution in [1.82, 2.24) is 5.32 Å². The van der Waals surface area contributed by atoms with Crippen molar-refractivity contribution in [3.63, 3.8) is 0 Å². The van der Waals surface area contributed by atoms with Crippen molar-refractivity contribution in [3.8, 4) is 0 Å². The highest BCUT2D eigenvalue weighted by atomic mass is 79.9.